The maximum atomic E-state index is 12.2. The lowest BCUT2D eigenvalue weighted by Crippen LogP contribution is -2.17. The topological polar surface area (TPSA) is 86.2 Å². The fourth-order valence-corrected chi connectivity index (χ4v) is 3.01. The van der Waals surface area contributed by atoms with Gasteiger partial charge in [-0.25, -0.2) is 10.2 Å². The lowest BCUT2D eigenvalue weighted by molar-refractivity contribution is -0.142. The van der Waals surface area contributed by atoms with Crippen LogP contribution in [0.3, 0.4) is 0 Å². The van der Waals surface area contributed by atoms with Crippen molar-refractivity contribution in [2.24, 2.45) is 5.10 Å². The van der Waals surface area contributed by atoms with Gasteiger partial charge in [0.1, 0.15) is 11.5 Å². The molecule has 0 aliphatic heterocycles. The van der Waals surface area contributed by atoms with Crippen molar-refractivity contribution in [1.29, 1.82) is 0 Å². The Morgan fingerprint density at radius 3 is 2.63 bits per heavy atom. The molecule has 0 atom stereocenters. The Balaban J connectivity index is 1.98. The summed E-state index contributed by atoms with van der Waals surface area (Å²) < 4.78 is 16.6. The third-order valence-electron chi connectivity index (χ3n) is 3.32. The van der Waals surface area contributed by atoms with Crippen LogP contribution in [-0.4, -0.2) is 38.9 Å². The predicted octanol–water partition coefficient (Wildman–Crippen LogP) is 3.38. The lowest BCUT2D eigenvalue weighted by atomic mass is 10.2. The monoisotopic (exact) mass is 546 g/mol. The van der Waals surface area contributed by atoms with Gasteiger partial charge in [0.25, 0.3) is 5.91 Å². The molecule has 2 aromatic carbocycles. The standard InChI is InChI=1S/C18H16BrIN2O5/c1-25-16-8-12(4-5-14(16)20)18(24)22-21-9-11-3-6-15(13(19)7-11)27-10-17(23)26-2/h3-9H,10H2,1-2H3,(H,22,24)/b21-9-. The number of carbonyl (C=O) groups excluding carboxylic acids is 2. The first-order valence-electron chi connectivity index (χ1n) is 7.60. The van der Waals surface area contributed by atoms with Gasteiger partial charge < -0.3 is 14.2 Å². The quantitative estimate of drug-likeness (QED) is 0.249. The van der Waals surface area contributed by atoms with Crippen LogP contribution in [0.15, 0.2) is 46.0 Å². The van der Waals surface area contributed by atoms with Crippen molar-refractivity contribution in [3.63, 3.8) is 0 Å². The number of esters is 1. The molecule has 0 saturated heterocycles. The third kappa shape index (κ3) is 6.21. The number of carbonyl (C=O) groups is 2. The van der Waals surface area contributed by atoms with Gasteiger partial charge in [0, 0.05) is 5.56 Å². The van der Waals surface area contributed by atoms with E-state index in [1.165, 1.54) is 13.3 Å². The van der Waals surface area contributed by atoms with Crippen LogP contribution in [0.25, 0.3) is 0 Å². The number of hydrogen-bond acceptors (Lipinski definition) is 6. The first kappa shape index (κ1) is 21.2. The lowest BCUT2D eigenvalue weighted by Gasteiger charge is -2.07. The summed E-state index contributed by atoms with van der Waals surface area (Å²) in [4.78, 5) is 23.3. The van der Waals surface area contributed by atoms with Crippen LogP contribution >= 0.6 is 38.5 Å². The molecule has 0 unspecified atom stereocenters. The van der Waals surface area contributed by atoms with Gasteiger partial charge in [0.05, 0.1) is 28.5 Å². The maximum Gasteiger partial charge on any atom is 0.343 e. The van der Waals surface area contributed by atoms with E-state index in [9.17, 15) is 9.59 Å². The zero-order valence-corrected chi connectivity index (χ0v) is 18.2. The van der Waals surface area contributed by atoms with E-state index in [1.807, 2.05) is 0 Å². The largest absolute Gasteiger partial charge is 0.496 e. The number of hydrazone groups is 1. The van der Waals surface area contributed by atoms with Crippen molar-refractivity contribution < 1.29 is 23.8 Å². The van der Waals surface area contributed by atoms with Crippen LogP contribution in [0.1, 0.15) is 15.9 Å². The minimum absolute atomic E-state index is 0.182. The zero-order valence-electron chi connectivity index (χ0n) is 14.5. The number of nitrogens with one attached hydrogen (secondary N) is 1. The molecule has 27 heavy (non-hydrogen) atoms. The van der Waals surface area contributed by atoms with Crippen LogP contribution < -0.4 is 14.9 Å². The summed E-state index contributed by atoms with van der Waals surface area (Å²) in [5, 5.41) is 3.95. The molecular formula is C18H16BrIN2O5. The second kappa shape index (κ2) is 10.3. The number of rotatable bonds is 7. The molecule has 9 heteroatoms. The van der Waals surface area contributed by atoms with Crippen molar-refractivity contribution in [2.45, 2.75) is 0 Å². The molecule has 0 radical (unpaired) electrons. The molecule has 0 fully saturated rings. The number of hydrogen-bond donors (Lipinski definition) is 1. The molecule has 0 heterocycles. The average Bonchev–Trinajstić information content (AvgIpc) is 2.67. The number of amides is 1. The van der Waals surface area contributed by atoms with E-state index < -0.39 is 5.97 Å². The minimum atomic E-state index is -0.470. The minimum Gasteiger partial charge on any atom is -0.496 e. The highest BCUT2D eigenvalue weighted by Gasteiger charge is 2.09. The second-order valence-corrected chi connectivity index (χ2v) is 7.12. The fraction of sp³-hybridized carbons (Fsp3) is 0.167. The highest BCUT2D eigenvalue weighted by atomic mass is 127. The predicted molar refractivity (Wildman–Crippen MR) is 112 cm³/mol. The summed E-state index contributed by atoms with van der Waals surface area (Å²) in [7, 11) is 2.84. The highest BCUT2D eigenvalue weighted by Crippen LogP contribution is 2.25. The molecule has 0 aliphatic carbocycles. The van der Waals surface area contributed by atoms with Crippen LogP contribution in [0.4, 0.5) is 0 Å². The molecule has 0 aromatic heterocycles. The summed E-state index contributed by atoms with van der Waals surface area (Å²) in [5.74, 6) is 0.298. The Morgan fingerprint density at radius 1 is 1.19 bits per heavy atom. The van der Waals surface area contributed by atoms with E-state index in [2.05, 4.69) is 53.8 Å². The summed E-state index contributed by atoms with van der Waals surface area (Å²) in [6.45, 7) is -0.182. The third-order valence-corrected chi connectivity index (χ3v) is 4.83. The zero-order chi connectivity index (χ0) is 19.8. The van der Waals surface area contributed by atoms with Gasteiger partial charge in [0.15, 0.2) is 6.61 Å². The van der Waals surface area contributed by atoms with Gasteiger partial charge in [-0.1, -0.05) is 0 Å². The van der Waals surface area contributed by atoms with E-state index in [1.54, 1.807) is 43.5 Å². The second-order valence-electron chi connectivity index (χ2n) is 5.10. The van der Waals surface area contributed by atoms with Gasteiger partial charge >= 0.3 is 5.97 Å². The van der Waals surface area contributed by atoms with Crippen molar-refractivity contribution in [1.82, 2.24) is 5.43 Å². The Bertz CT molecular complexity index is 873. The van der Waals surface area contributed by atoms with Crippen LogP contribution in [0.5, 0.6) is 11.5 Å². The molecule has 2 aromatic rings. The Morgan fingerprint density at radius 2 is 1.96 bits per heavy atom. The van der Waals surface area contributed by atoms with E-state index >= 15 is 0 Å². The van der Waals surface area contributed by atoms with Crippen molar-refractivity contribution in [2.75, 3.05) is 20.8 Å². The Kier molecular flexibility index (Phi) is 8.04. The maximum absolute atomic E-state index is 12.2. The molecule has 0 spiro atoms. The molecule has 0 aliphatic rings. The first-order chi connectivity index (χ1) is 12.9. The summed E-state index contributed by atoms with van der Waals surface area (Å²) in [6.07, 6.45) is 1.50. The smallest absolute Gasteiger partial charge is 0.343 e. The molecular weight excluding hydrogens is 531 g/mol. The summed E-state index contributed by atoms with van der Waals surface area (Å²) in [6, 6.07) is 10.3. The molecule has 0 bridgehead atoms. The molecule has 142 valence electrons. The molecule has 1 amide bonds. The molecule has 7 nitrogen and oxygen atoms in total. The normalized spacial score (nSPS) is 10.5. The van der Waals surface area contributed by atoms with Gasteiger partial charge in [-0.15, -0.1) is 0 Å². The van der Waals surface area contributed by atoms with Crippen LogP contribution in [-0.2, 0) is 9.53 Å². The van der Waals surface area contributed by atoms with E-state index in [0.29, 0.717) is 21.5 Å². The van der Waals surface area contributed by atoms with Gasteiger partial charge in [-0.2, -0.15) is 5.10 Å². The Labute approximate surface area is 178 Å². The summed E-state index contributed by atoms with van der Waals surface area (Å²) in [5.41, 5.74) is 3.64. The molecule has 0 saturated carbocycles. The number of nitrogens with zero attached hydrogens (tertiary/aromatic N) is 1. The molecule has 1 N–H and O–H groups in total. The average molecular weight is 547 g/mol. The Hall–Kier alpha value is -2.14. The van der Waals surface area contributed by atoms with Crippen LogP contribution in [0, 0.1) is 3.57 Å². The van der Waals surface area contributed by atoms with Gasteiger partial charge in [-0.3, -0.25) is 4.79 Å². The fourth-order valence-electron chi connectivity index (χ4n) is 1.94. The van der Waals surface area contributed by atoms with E-state index in [-0.39, 0.29) is 12.5 Å². The highest BCUT2D eigenvalue weighted by molar-refractivity contribution is 14.1. The number of halogens is 2. The first-order valence-corrected chi connectivity index (χ1v) is 9.48. The molecule has 2 rings (SSSR count). The van der Waals surface area contributed by atoms with E-state index in [4.69, 9.17) is 9.47 Å². The van der Waals surface area contributed by atoms with E-state index in [0.717, 1.165) is 9.13 Å². The number of methoxy groups -OCH3 is 2. The van der Waals surface area contributed by atoms with Gasteiger partial charge in [-0.05, 0) is 80.5 Å². The van der Waals surface area contributed by atoms with Crippen molar-refractivity contribution in [3.8, 4) is 11.5 Å². The van der Waals surface area contributed by atoms with Crippen LogP contribution in [0.2, 0.25) is 0 Å². The number of ether oxygens (including phenoxy) is 3. The SMILES string of the molecule is COC(=O)COc1ccc(/C=N\NC(=O)c2ccc(I)c(OC)c2)cc1Br. The van der Waals surface area contributed by atoms with Crippen molar-refractivity contribution >= 4 is 56.6 Å². The number of benzene rings is 2. The summed E-state index contributed by atoms with van der Waals surface area (Å²) >= 11 is 5.49. The van der Waals surface area contributed by atoms with Gasteiger partial charge in [0.2, 0.25) is 0 Å². The van der Waals surface area contributed by atoms with Crippen molar-refractivity contribution in [3.05, 3.63) is 55.6 Å².